The molecule has 1 saturated heterocycles. The van der Waals surface area contributed by atoms with E-state index in [1.807, 2.05) is 0 Å². The van der Waals surface area contributed by atoms with Crippen LogP contribution in [0.25, 0.3) is 0 Å². The fraction of sp³-hybridized carbons (Fsp3) is 0.857. The Balaban J connectivity index is 1.97. The summed E-state index contributed by atoms with van der Waals surface area (Å²) in [6, 6.07) is 0. The second-order valence-corrected chi connectivity index (χ2v) is 6.16. The largest absolute Gasteiger partial charge is 0.375 e. The van der Waals surface area contributed by atoms with Crippen LogP contribution in [0.4, 0.5) is 0 Å². The molecule has 0 aromatic carbocycles. The van der Waals surface area contributed by atoms with Crippen molar-refractivity contribution in [2.75, 3.05) is 6.61 Å². The van der Waals surface area contributed by atoms with E-state index in [4.69, 9.17) is 4.74 Å². The number of hydrogen-bond acceptors (Lipinski definition) is 1. The maximum absolute atomic E-state index is 6.03. The maximum Gasteiger partial charge on any atom is 0.0688 e. The average Bonchev–Trinajstić information content (AvgIpc) is 2.61. The molecule has 0 radical (unpaired) electrons. The Morgan fingerprint density at radius 1 is 1.20 bits per heavy atom. The first-order valence-electron chi connectivity index (χ1n) is 6.44. The lowest BCUT2D eigenvalue weighted by molar-refractivity contribution is -0.102. The molecular weight excluding hydrogens is 184 g/mol. The third-order valence-electron chi connectivity index (χ3n) is 5.44. The molecular formula is C14H22O. The summed E-state index contributed by atoms with van der Waals surface area (Å²) < 4.78 is 6.03. The lowest BCUT2D eigenvalue weighted by Crippen LogP contribution is -2.50. The van der Waals surface area contributed by atoms with Crippen LogP contribution in [0, 0.1) is 17.3 Å². The fourth-order valence-electron chi connectivity index (χ4n) is 4.46. The van der Waals surface area contributed by atoms with Crippen LogP contribution >= 0.6 is 0 Å². The van der Waals surface area contributed by atoms with Crippen LogP contribution in [0.5, 0.6) is 0 Å². The Hall–Kier alpha value is -0.300. The monoisotopic (exact) mass is 206 g/mol. The Bertz CT molecular complexity index is 296. The molecule has 1 heterocycles. The smallest absolute Gasteiger partial charge is 0.0688 e. The summed E-state index contributed by atoms with van der Waals surface area (Å²) in [6.07, 6.45) is 11.3. The first-order valence-corrected chi connectivity index (χ1v) is 6.44. The summed E-state index contributed by atoms with van der Waals surface area (Å²) in [5, 5.41) is 0. The van der Waals surface area contributed by atoms with Gasteiger partial charge in [-0.1, -0.05) is 19.1 Å². The van der Waals surface area contributed by atoms with E-state index < -0.39 is 0 Å². The highest BCUT2D eigenvalue weighted by Crippen LogP contribution is 2.59. The van der Waals surface area contributed by atoms with Crippen LogP contribution in [-0.4, -0.2) is 12.2 Å². The van der Waals surface area contributed by atoms with Gasteiger partial charge in [0.15, 0.2) is 0 Å². The van der Waals surface area contributed by atoms with Gasteiger partial charge in [-0.2, -0.15) is 0 Å². The molecule has 2 fully saturated rings. The molecule has 1 heteroatoms. The topological polar surface area (TPSA) is 9.23 Å². The van der Waals surface area contributed by atoms with E-state index in [2.05, 4.69) is 26.0 Å². The van der Waals surface area contributed by atoms with Gasteiger partial charge in [-0.05, 0) is 56.3 Å². The van der Waals surface area contributed by atoms with Crippen molar-refractivity contribution in [2.24, 2.45) is 17.3 Å². The SMILES string of the molecule is C[C@@]12CC=CC[C@H]1CC[C@]1(C)OCC[C@@H]21. The van der Waals surface area contributed by atoms with Gasteiger partial charge >= 0.3 is 0 Å². The van der Waals surface area contributed by atoms with E-state index in [0.29, 0.717) is 5.41 Å². The first kappa shape index (κ1) is 9.89. The lowest BCUT2D eigenvalue weighted by Gasteiger charge is -2.53. The quantitative estimate of drug-likeness (QED) is 0.551. The van der Waals surface area contributed by atoms with Gasteiger partial charge in [-0.3, -0.25) is 0 Å². The molecule has 3 aliphatic rings. The molecule has 4 atom stereocenters. The zero-order valence-electron chi connectivity index (χ0n) is 9.96. The molecule has 0 bridgehead atoms. The molecule has 0 unspecified atom stereocenters. The van der Waals surface area contributed by atoms with Crippen LogP contribution in [0.2, 0.25) is 0 Å². The Morgan fingerprint density at radius 3 is 2.93 bits per heavy atom. The second kappa shape index (κ2) is 3.10. The summed E-state index contributed by atoms with van der Waals surface area (Å²) in [7, 11) is 0. The third-order valence-corrected chi connectivity index (χ3v) is 5.44. The van der Waals surface area contributed by atoms with Crippen molar-refractivity contribution in [3.63, 3.8) is 0 Å². The Morgan fingerprint density at radius 2 is 2.07 bits per heavy atom. The molecule has 0 aromatic rings. The Labute approximate surface area is 92.9 Å². The summed E-state index contributed by atoms with van der Waals surface area (Å²) in [5.74, 6) is 1.72. The van der Waals surface area contributed by atoms with E-state index >= 15 is 0 Å². The highest BCUT2D eigenvalue weighted by Gasteiger charge is 2.55. The molecule has 1 nitrogen and oxygen atoms in total. The molecule has 2 aliphatic carbocycles. The molecule has 15 heavy (non-hydrogen) atoms. The van der Waals surface area contributed by atoms with Gasteiger partial charge in [0.1, 0.15) is 0 Å². The van der Waals surface area contributed by atoms with Crippen LogP contribution in [0.3, 0.4) is 0 Å². The molecule has 0 N–H and O–H groups in total. The van der Waals surface area contributed by atoms with Crippen LogP contribution < -0.4 is 0 Å². The minimum Gasteiger partial charge on any atom is -0.375 e. The van der Waals surface area contributed by atoms with Crippen LogP contribution in [0.15, 0.2) is 12.2 Å². The molecule has 1 saturated carbocycles. The van der Waals surface area contributed by atoms with Crippen molar-refractivity contribution in [2.45, 2.75) is 51.6 Å². The molecule has 0 aromatic heterocycles. The number of allylic oxidation sites excluding steroid dienone is 2. The van der Waals surface area contributed by atoms with Crippen LogP contribution in [0.1, 0.15) is 46.0 Å². The molecule has 84 valence electrons. The molecule has 0 amide bonds. The zero-order chi connectivity index (χ0) is 10.5. The highest BCUT2D eigenvalue weighted by molar-refractivity contribution is 5.11. The number of rotatable bonds is 0. The average molecular weight is 206 g/mol. The summed E-state index contributed by atoms with van der Waals surface area (Å²) >= 11 is 0. The van der Waals surface area contributed by atoms with Crippen LogP contribution in [-0.2, 0) is 4.74 Å². The minimum absolute atomic E-state index is 0.205. The first-order chi connectivity index (χ1) is 7.15. The van der Waals surface area contributed by atoms with Gasteiger partial charge in [0.25, 0.3) is 0 Å². The fourth-order valence-corrected chi connectivity index (χ4v) is 4.46. The van der Waals surface area contributed by atoms with E-state index in [1.54, 1.807) is 0 Å². The minimum atomic E-state index is 0.205. The van der Waals surface area contributed by atoms with Crippen molar-refractivity contribution in [3.05, 3.63) is 12.2 Å². The lowest BCUT2D eigenvalue weighted by atomic mass is 9.52. The van der Waals surface area contributed by atoms with Gasteiger partial charge in [-0.25, -0.2) is 0 Å². The molecule has 3 rings (SSSR count). The summed E-state index contributed by atoms with van der Waals surface area (Å²) in [5.41, 5.74) is 0.731. The van der Waals surface area contributed by atoms with E-state index in [9.17, 15) is 0 Å². The zero-order valence-corrected chi connectivity index (χ0v) is 9.96. The van der Waals surface area contributed by atoms with Crippen molar-refractivity contribution < 1.29 is 4.74 Å². The van der Waals surface area contributed by atoms with E-state index in [1.165, 1.54) is 32.1 Å². The van der Waals surface area contributed by atoms with Gasteiger partial charge in [-0.15, -0.1) is 0 Å². The Kier molecular flexibility index (Phi) is 2.04. The normalized spacial score (nSPS) is 53.7. The van der Waals surface area contributed by atoms with Crippen molar-refractivity contribution in [1.82, 2.24) is 0 Å². The van der Waals surface area contributed by atoms with Crippen molar-refractivity contribution in [3.8, 4) is 0 Å². The standard InChI is InChI=1S/C14H22O/c1-13-8-4-3-5-11(13)6-9-14(2)12(13)7-10-15-14/h3-4,11-12H,5-10H2,1-2H3/t11-,12-,13+,14-/m0/s1. The van der Waals surface area contributed by atoms with Crippen molar-refractivity contribution in [1.29, 1.82) is 0 Å². The van der Waals surface area contributed by atoms with Gasteiger partial charge in [0.2, 0.25) is 0 Å². The van der Waals surface area contributed by atoms with Gasteiger partial charge < -0.3 is 4.74 Å². The number of fused-ring (bicyclic) bond motifs is 3. The number of ether oxygens (including phenoxy) is 1. The summed E-state index contributed by atoms with van der Waals surface area (Å²) in [4.78, 5) is 0. The highest BCUT2D eigenvalue weighted by atomic mass is 16.5. The van der Waals surface area contributed by atoms with E-state index in [0.717, 1.165) is 18.4 Å². The van der Waals surface area contributed by atoms with Gasteiger partial charge in [0, 0.05) is 6.61 Å². The van der Waals surface area contributed by atoms with E-state index in [-0.39, 0.29) is 5.60 Å². The third kappa shape index (κ3) is 1.25. The predicted molar refractivity (Wildman–Crippen MR) is 61.7 cm³/mol. The predicted octanol–water partition coefficient (Wildman–Crippen LogP) is 3.55. The maximum atomic E-state index is 6.03. The second-order valence-electron chi connectivity index (χ2n) is 6.16. The molecule has 1 aliphatic heterocycles. The van der Waals surface area contributed by atoms with Gasteiger partial charge in [0.05, 0.1) is 5.60 Å². The molecule has 0 spiro atoms. The van der Waals surface area contributed by atoms with Crippen molar-refractivity contribution >= 4 is 0 Å². The summed E-state index contributed by atoms with van der Waals surface area (Å²) in [6.45, 7) is 5.86. The number of hydrogen-bond donors (Lipinski definition) is 0.